The smallest absolute Gasteiger partial charge is 0.180 e. The molecule has 0 heterocycles. The van der Waals surface area contributed by atoms with Crippen LogP contribution in [0.3, 0.4) is 0 Å². The highest BCUT2D eigenvalue weighted by atomic mass is 35.5. The van der Waals surface area contributed by atoms with Gasteiger partial charge in [0, 0.05) is 17.3 Å². The van der Waals surface area contributed by atoms with Crippen LogP contribution in [0.4, 0.5) is 5.69 Å². The molecule has 0 aliphatic heterocycles. The van der Waals surface area contributed by atoms with Gasteiger partial charge < -0.3 is 14.8 Å². The molecule has 0 radical (unpaired) electrons. The quantitative estimate of drug-likeness (QED) is 0.489. The minimum Gasteiger partial charge on any atom is -0.493 e. The van der Waals surface area contributed by atoms with Crippen molar-refractivity contribution >= 4 is 28.9 Å². The van der Waals surface area contributed by atoms with Crippen molar-refractivity contribution in [1.82, 2.24) is 0 Å². The van der Waals surface area contributed by atoms with E-state index in [0.717, 1.165) is 16.8 Å². The zero-order valence-corrected chi connectivity index (χ0v) is 16.8. The Labute approximate surface area is 169 Å². The van der Waals surface area contributed by atoms with Crippen molar-refractivity contribution in [2.75, 3.05) is 12.4 Å². The summed E-state index contributed by atoms with van der Waals surface area (Å²) in [6, 6.07) is 19.6. The van der Waals surface area contributed by atoms with Gasteiger partial charge in [-0.25, -0.2) is 0 Å². The Morgan fingerprint density at radius 1 is 0.926 bits per heavy atom. The monoisotopic (exact) mass is 401 g/mol. The first kappa shape index (κ1) is 19.4. The summed E-state index contributed by atoms with van der Waals surface area (Å²) < 4.78 is 11.4. The van der Waals surface area contributed by atoms with Crippen LogP contribution < -0.4 is 14.8 Å². The lowest BCUT2D eigenvalue weighted by molar-refractivity contribution is 0.284. The van der Waals surface area contributed by atoms with Crippen LogP contribution in [0.5, 0.6) is 11.5 Å². The fourth-order valence-corrected chi connectivity index (χ4v) is 3.12. The summed E-state index contributed by atoms with van der Waals surface area (Å²) >= 11 is 12.4. The summed E-state index contributed by atoms with van der Waals surface area (Å²) in [5.41, 5.74) is 4.29. The summed E-state index contributed by atoms with van der Waals surface area (Å²) in [5.74, 6) is 1.14. The van der Waals surface area contributed by atoms with E-state index in [4.69, 9.17) is 32.7 Å². The van der Waals surface area contributed by atoms with Crippen LogP contribution >= 0.6 is 23.2 Å². The molecule has 3 rings (SSSR count). The van der Waals surface area contributed by atoms with Crippen molar-refractivity contribution in [2.45, 2.75) is 20.1 Å². The molecule has 0 spiro atoms. The van der Waals surface area contributed by atoms with E-state index in [1.165, 1.54) is 5.56 Å². The number of rotatable bonds is 7. The van der Waals surface area contributed by atoms with Gasteiger partial charge >= 0.3 is 0 Å². The number of anilines is 1. The lowest BCUT2D eigenvalue weighted by Gasteiger charge is -2.15. The first-order valence-electron chi connectivity index (χ1n) is 8.59. The van der Waals surface area contributed by atoms with Gasteiger partial charge in [-0.15, -0.1) is 0 Å². The molecule has 0 aromatic heterocycles. The molecule has 0 aliphatic carbocycles. The third-order valence-corrected chi connectivity index (χ3v) is 4.63. The molecule has 0 unspecified atom stereocenters. The maximum Gasteiger partial charge on any atom is 0.180 e. The normalized spacial score (nSPS) is 10.5. The van der Waals surface area contributed by atoms with E-state index < -0.39 is 0 Å². The fourth-order valence-electron chi connectivity index (χ4n) is 2.71. The largest absolute Gasteiger partial charge is 0.493 e. The van der Waals surface area contributed by atoms with Gasteiger partial charge in [-0.3, -0.25) is 0 Å². The van der Waals surface area contributed by atoms with Crippen LogP contribution in [0, 0.1) is 6.92 Å². The summed E-state index contributed by atoms with van der Waals surface area (Å²) in [4.78, 5) is 0. The number of methoxy groups -OCH3 is 1. The van der Waals surface area contributed by atoms with E-state index in [2.05, 4.69) is 24.4 Å². The molecule has 3 nitrogen and oxygen atoms in total. The number of halogens is 2. The average Bonchev–Trinajstić information content (AvgIpc) is 2.66. The zero-order chi connectivity index (χ0) is 19.2. The Kier molecular flexibility index (Phi) is 6.49. The second kappa shape index (κ2) is 9.03. The third kappa shape index (κ3) is 5.31. The van der Waals surface area contributed by atoms with Crippen molar-refractivity contribution in [3.8, 4) is 11.5 Å². The number of nitrogens with one attached hydrogen (secondary N) is 1. The molecular weight excluding hydrogens is 381 g/mol. The van der Waals surface area contributed by atoms with Crippen molar-refractivity contribution in [3.63, 3.8) is 0 Å². The van der Waals surface area contributed by atoms with Gasteiger partial charge in [0.1, 0.15) is 6.61 Å². The molecule has 3 aromatic rings. The topological polar surface area (TPSA) is 30.5 Å². The Hall–Kier alpha value is -2.36. The van der Waals surface area contributed by atoms with E-state index in [9.17, 15) is 0 Å². The fraction of sp³-hybridized carbons (Fsp3) is 0.182. The third-order valence-electron chi connectivity index (χ3n) is 4.10. The van der Waals surface area contributed by atoms with Gasteiger partial charge in [0.05, 0.1) is 12.1 Å². The van der Waals surface area contributed by atoms with Crippen LogP contribution in [-0.2, 0) is 13.2 Å². The highest BCUT2D eigenvalue weighted by Crippen LogP contribution is 2.37. The van der Waals surface area contributed by atoms with Gasteiger partial charge in [0.2, 0.25) is 0 Å². The van der Waals surface area contributed by atoms with E-state index in [1.54, 1.807) is 7.11 Å². The van der Waals surface area contributed by atoms with Crippen molar-refractivity contribution in [1.29, 1.82) is 0 Å². The second-order valence-corrected chi connectivity index (χ2v) is 7.09. The first-order chi connectivity index (χ1) is 13.0. The average molecular weight is 402 g/mol. The van der Waals surface area contributed by atoms with E-state index in [0.29, 0.717) is 34.7 Å². The molecule has 0 atom stereocenters. The Morgan fingerprint density at radius 3 is 2.41 bits per heavy atom. The van der Waals surface area contributed by atoms with Crippen LogP contribution in [0.2, 0.25) is 10.0 Å². The molecule has 0 bridgehead atoms. The molecule has 140 valence electrons. The van der Waals surface area contributed by atoms with Gasteiger partial charge in [-0.1, -0.05) is 47.5 Å². The number of benzene rings is 3. The number of aryl methyl sites for hydroxylation is 1. The Balaban J connectivity index is 1.71. The van der Waals surface area contributed by atoms with Crippen molar-refractivity contribution in [3.05, 3.63) is 87.4 Å². The van der Waals surface area contributed by atoms with Gasteiger partial charge in [0.15, 0.2) is 11.5 Å². The Bertz CT molecular complexity index is 911. The maximum atomic E-state index is 6.46. The minimum absolute atomic E-state index is 0.383. The lowest BCUT2D eigenvalue weighted by atomic mass is 10.1. The molecule has 3 aromatic carbocycles. The highest BCUT2D eigenvalue weighted by Gasteiger charge is 2.12. The van der Waals surface area contributed by atoms with Gasteiger partial charge in [-0.2, -0.15) is 0 Å². The van der Waals surface area contributed by atoms with Crippen LogP contribution in [0.15, 0.2) is 60.7 Å². The second-order valence-electron chi connectivity index (χ2n) is 6.25. The molecule has 5 heteroatoms. The SMILES string of the molecule is COc1cc(CNc2cccc(C)c2)cc(Cl)c1OCc1ccc(Cl)cc1. The van der Waals surface area contributed by atoms with Gasteiger partial charge in [-0.05, 0) is 60.0 Å². The molecular formula is C22H21Cl2NO2. The van der Waals surface area contributed by atoms with Crippen LogP contribution in [-0.4, -0.2) is 7.11 Å². The molecule has 0 amide bonds. The van der Waals surface area contributed by atoms with E-state index in [-0.39, 0.29) is 0 Å². The van der Waals surface area contributed by atoms with Crippen molar-refractivity contribution in [2.24, 2.45) is 0 Å². The molecule has 27 heavy (non-hydrogen) atoms. The molecule has 0 aliphatic rings. The summed E-state index contributed by atoms with van der Waals surface area (Å²) in [6.45, 7) is 3.09. The number of hydrogen-bond donors (Lipinski definition) is 1. The summed E-state index contributed by atoms with van der Waals surface area (Å²) in [5, 5.41) is 4.61. The lowest BCUT2D eigenvalue weighted by Crippen LogP contribution is -2.02. The minimum atomic E-state index is 0.383. The molecule has 1 N–H and O–H groups in total. The zero-order valence-electron chi connectivity index (χ0n) is 15.3. The molecule has 0 saturated carbocycles. The van der Waals surface area contributed by atoms with Crippen LogP contribution in [0.25, 0.3) is 0 Å². The molecule has 0 fully saturated rings. The van der Waals surface area contributed by atoms with E-state index in [1.807, 2.05) is 48.5 Å². The van der Waals surface area contributed by atoms with Crippen LogP contribution in [0.1, 0.15) is 16.7 Å². The standard InChI is InChI=1S/C22H21Cl2NO2/c1-15-4-3-5-19(10-15)25-13-17-11-20(24)22(21(12-17)26-2)27-14-16-6-8-18(23)9-7-16/h3-12,25H,13-14H2,1-2H3. The highest BCUT2D eigenvalue weighted by molar-refractivity contribution is 6.32. The van der Waals surface area contributed by atoms with Gasteiger partial charge in [0.25, 0.3) is 0 Å². The summed E-state index contributed by atoms with van der Waals surface area (Å²) in [6.07, 6.45) is 0. The number of hydrogen-bond acceptors (Lipinski definition) is 3. The summed E-state index contributed by atoms with van der Waals surface area (Å²) in [7, 11) is 1.61. The van der Waals surface area contributed by atoms with Crippen molar-refractivity contribution < 1.29 is 9.47 Å². The first-order valence-corrected chi connectivity index (χ1v) is 9.35. The maximum absolute atomic E-state index is 6.46. The number of ether oxygens (including phenoxy) is 2. The Morgan fingerprint density at radius 2 is 1.70 bits per heavy atom. The van der Waals surface area contributed by atoms with E-state index >= 15 is 0 Å². The predicted octanol–water partition coefficient (Wildman–Crippen LogP) is 6.50. The predicted molar refractivity (Wildman–Crippen MR) is 112 cm³/mol. The molecule has 0 saturated heterocycles.